The summed E-state index contributed by atoms with van der Waals surface area (Å²) in [5.41, 5.74) is 2.31. The number of rotatable bonds is 3. The van der Waals surface area contributed by atoms with Gasteiger partial charge in [-0.1, -0.05) is 24.8 Å². The molecule has 0 aliphatic carbocycles. The van der Waals surface area contributed by atoms with E-state index in [9.17, 15) is 4.79 Å². The van der Waals surface area contributed by atoms with Gasteiger partial charge < -0.3 is 10.4 Å². The summed E-state index contributed by atoms with van der Waals surface area (Å²) in [5, 5.41) is 11.5. The van der Waals surface area contributed by atoms with Gasteiger partial charge in [0.1, 0.15) is 6.61 Å². The maximum Gasteiger partial charge on any atom is 0.251 e. The molecule has 1 aromatic carbocycles. The van der Waals surface area contributed by atoms with Crippen molar-refractivity contribution < 1.29 is 9.90 Å². The molecule has 3 heteroatoms. The quantitative estimate of drug-likeness (QED) is 0.774. The summed E-state index contributed by atoms with van der Waals surface area (Å²) in [6.45, 7) is 4.40. The SMILES string of the molecule is CCCNC(=O)c1cc(C#CCO)ccc1C. The zero-order valence-corrected chi connectivity index (χ0v) is 10.2. The highest BCUT2D eigenvalue weighted by molar-refractivity contribution is 5.95. The monoisotopic (exact) mass is 231 g/mol. The van der Waals surface area contributed by atoms with Crippen LogP contribution in [0.4, 0.5) is 0 Å². The molecule has 1 rings (SSSR count). The van der Waals surface area contributed by atoms with E-state index in [1.165, 1.54) is 0 Å². The topological polar surface area (TPSA) is 49.3 Å². The van der Waals surface area contributed by atoms with Crippen LogP contribution in [0.2, 0.25) is 0 Å². The van der Waals surface area contributed by atoms with Gasteiger partial charge in [-0.15, -0.1) is 0 Å². The molecule has 1 aromatic rings. The largest absolute Gasteiger partial charge is 0.384 e. The maximum atomic E-state index is 11.8. The Labute approximate surface area is 102 Å². The van der Waals surface area contributed by atoms with Crippen LogP contribution in [0.5, 0.6) is 0 Å². The van der Waals surface area contributed by atoms with Crippen molar-refractivity contribution in [3.05, 3.63) is 34.9 Å². The molecule has 0 aromatic heterocycles. The molecule has 0 atom stereocenters. The van der Waals surface area contributed by atoms with E-state index in [4.69, 9.17) is 5.11 Å². The number of amides is 1. The van der Waals surface area contributed by atoms with E-state index in [-0.39, 0.29) is 12.5 Å². The molecule has 3 nitrogen and oxygen atoms in total. The Balaban J connectivity index is 2.93. The van der Waals surface area contributed by atoms with Gasteiger partial charge in [0.05, 0.1) is 0 Å². The highest BCUT2D eigenvalue weighted by Crippen LogP contribution is 2.10. The number of aryl methyl sites for hydroxylation is 1. The number of hydrogen-bond donors (Lipinski definition) is 2. The minimum absolute atomic E-state index is 0.0722. The van der Waals surface area contributed by atoms with E-state index in [0.717, 1.165) is 17.5 Å². The van der Waals surface area contributed by atoms with Crippen LogP contribution in [0.1, 0.15) is 34.8 Å². The molecule has 17 heavy (non-hydrogen) atoms. The first-order valence-corrected chi connectivity index (χ1v) is 5.67. The number of aliphatic hydroxyl groups is 1. The summed E-state index contributed by atoms with van der Waals surface area (Å²) < 4.78 is 0. The zero-order valence-electron chi connectivity index (χ0n) is 10.2. The van der Waals surface area contributed by atoms with E-state index in [2.05, 4.69) is 17.2 Å². The van der Waals surface area contributed by atoms with E-state index in [1.54, 1.807) is 6.07 Å². The van der Waals surface area contributed by atoms with Crippen molar-refractivity contribution in [3.8, 4) is 11.8 Å². The Kier molecular flexibility index (Phi) is 5.25. The Morgan fingerprint density at radius 3 is 2.88 bits per heavy atom. The molecule has 0 unspecified atom stereocenters. The van der Waals surface area contributed by atoms with Gasteiger partial charge in [0.15, 0.2) is 0 Å². The van der Waals surface area contributed by atoms with E-state index in [1.807, 2.05) is 26.0 Å². The van der Waals surface area contributed by atoms with Gasteiger partial charge in [-0.25, -0.2) is 0 Å². The third-order valence-electron chi connectivity index (χ3n) is 2.33. The second-order valence-electron chi connectivity index (χ2n) is 3.75. The first kappa shape index (κ1) is 13.3. The molecule has 0 heterocycles. The summed E-state index contributed by atoms with van der Waals surface area (Å²) in [7, 11) is 0. The molecule has 0 bridgehead atoms. The van der Waals surface area contributed by atoms with Crippen molar-refractivity contribution in [1.82, 2.24) is 5.32 Å². The van der Waals surface area contributed by atoms with Crippen molar-refractivity contribution in [2.75, 3.05) is 13.2 Å². The van der Waals surface area contributed by atoms with Crippen LogP contribution in [-0.4, -0.2) is 24.2 Å². The zero-order chi connectivity index (χ0) is 12.7. The lowest BCUT2D eigenvalue weighted by atomic mass is 10.0. The summed E-state index contributed by atoms with van der Waals surface area (Å²) in [6.07, 6.45) is 0.912. The fourth-order valence-corrected chi connectivity index (χ4v) is 1.42. The van der Waals surface area contributed by atoms with Gasteiger partial charge in [0.25, 0.3) is 5.91 Å². The molecular weight excluding hydrogens is 214 g/mol. The minimum atomic E-state index is -0.175. The van der Waals surface area contributed by atoms with Crippen LogP contribution < -0.4 is 5.32 Å². The Hall–Kier alpha value is -1.79. The van der Waals surface area contributed by atoms with Gasteiger partial charge in [-0.2, -0.15) is 0 Å². The number of carbonyl (C=O) groups is 1. The van der Waals surface area contributed by atoms with Gasteiger partial charge in [0, 0.05) is 17.7 Å². The first-order chi connectivity index (χ1) is 8.19. The lowest BCUT2D eigenvalue weighted by Crippen LogP contribution is -2.24. The second kappa shape index (κ2) is 6.72. The highest BCUT2D eigenvalue weighted by atomic mass is 16.2. The van der Waals surface area contributed by atoms with Crippen molar-refractivity contribution >= 4 is 5.91 Å². The lowest BCUT2D eigenvalue weighted by molar-refractivity contribution is 0.0953. The average Bonchev–Trinajstić information content (AvgIpc) is 2.35. The molecule has 2 N–H and O–H groups in total. The number of hydrogen-bond acceptors (Lipinski definition) is 2. The summed E-state index contributed by atoms with van der Waals surface area (Å²) in [6, 6.07) is 5.46. The average molecular weight is 231 g/mol. The predicted molar refractivity (Wildman–Crippen MR) is 67.8 cm³/mol. The number of aliphatic hydroxyl groups excluding tert-OH is 1. The summed E-state index contributed by atoms with van der Waals surface area (Å²) in [5.74, 6) is 5.29. The predicted octanol–water partition coefficient (Wildman–Crippen LogP) is 1.48. The van der Waals surface area contributed by atoms with Crippen LogP contribution in [-0.2, 0) is 0 Å². The van der Waals surface area contributed by atoms with Gasteiger partial charge in [-0.3, -0.25) is 4.79 Å². The number of carbonyl (C=O) groups excluding carboxylic acids is 1. The van der Waals surface area contributed by atoms with Crippen LogP contribution >= 0.6 is 0 Å². The first-order valence-electron chi connectivity index (χ1n) is 5.67. The molecule has 0 saturated heterocycles. The Bertz CT molecular complexity index is 455. The molecule has 0 aliphatic heterocycles. The normalized spacial score (nSPS) is 9.35. The van der Waals surface area contributed by atoms with Crippen molar-refractivity contribution in [3.63, 3.8) is 0 Å². The smallest absolute Gasteiger partial charge is 0.251 e. The van der Waals surface area contributed by atoms with Crippen molar-refractivity contribution in [1.29, 1.82) is 0 Å². The molecule has 0 spiro atoms. The minimum Gasteiger partial charge on any atom is -0.384 e. The lowest BCUT2D eigenvalue weighted by Gasteiger charge is -2.07. The van der Waals surface area contributed by atoms with Crippen molar-refractivity contribution in [2.45, 2.75) is 20.3 Å². The molecule has 0 fully saturated rings. The molecule has 0 aliphatic rings. The van der Waals surface area contributed by atoms with E-state index in [0.29, 0.717) is 12.1 Å². The summed E-state index contributed by atoms with van der Waals surface area (Å²) in [4.78, 5) is 11.8. The third kappa shape index (κ3) is 3.93. The van der Waals surface area contributed by atoms with Gasteiger partial charge >= 0.3 is 0 Å². The third-order valence-corrected chi connectivity index (χ3v) is 2.33. The van der Waals surface area contributed by atoms with Crippen LogP contribution in [0.3, 0.4) is 0 Å². The standard InChI is InChI=1S/C14H17NO2/c1-3-8-15-14(17)13-10-12(5-4-9-16)7-6-11(13)2/h6-7,10,16H,3,8-9H2,1-2H3,(H,15,17). The van der Waals surface area contributed by atoms with Gasteiger partial charge in [-0.05, 0) is 31.0 Å². The number of benzene rings is 1. The molecule has 1 amide bonds. The Morgan fingerprint density at radius 1 is 1.47 bits per heavy atom. The fourth-order valence-electron chi connectivity index (χ4n) is 1.42. The van der Waals surface area contributed by atoms with Crippen LogP contribution in [0, 0.1) is 18.8 Å². The molecule has 0 saturated carbocycles. The van der Waals surface area contributed by atoms with E-state index < -0.39 is 0 Å². The molecular formula is C14H17NO2. The Morgan fingerprint density at radius 2 is 2.24 bits per heavy atom. The summed E-state index contributed by atoms with van der Waals surface area (Å²) >= 11 is 0. The van der Waals surface area contributed by atoms with Crippen LogP contribution in [0.15, 0.2) is 18.2 Å². The van der Waals surface area contributed by atoms with Crippen molar-refractivity contribution in [2.24, 2.45) is 0 Å². The highest BCUT2D eigenvalue weighted by Gasteiger charge is 2.08. The second-order valence-corrected chi connectivity index (χ2v) is 3.75. The van der Waals surface area contributed by atoms with E-state index >= 15 is 0 Å². The maximum absolute atomic E-state index is 11.8. The number of nitrogens with one attached hydrogen (secondary N) is 1. The molecule has 0 radical (unpaired) electrons. The molecule has 90 valence electrons. The fraction of sp³-hybridized carbons (Fsp3) is 0.357. The van der Waals surface area contributed by atoms with Crippen LogP contribution in [0.25, 0.3) is 0 Å². The van der Waals surface area contributed by atoms with Gasteiger partial charge in [0.2, 0.25) is 0 Å².